The van der Waals surface area contributed by atoms with Crippen LogP contribution in [0.2, 0.25) is 0 Å². The Morgan fingerprint density at radius 3 is 2.45 bits per heavy atom. The number of primary sulfonamides is 1. The number of sulfonamides is 1. The molecule has 2 aromatic carbocycles. The molecule has 1 fully saturated rings. The number of hydrogen-bond donors (Lipinski definition) is 2. The van der Waals surface area contributed by atoms with Gasteiger partial charge in [0.15, 0.2) is 0 Å². The first-order valence-corrected chi connectivity index (χ1v) is 12.6. The molecule has 0 amide bonds. The number of hydrogen-bond acceptors (Lipinski definition) is 3. The first-order valence-electron chi connectivity index (χ1n) is 11.0. The average Bonchev–Trinajstić information content (AvgIpc) is 3.44. The molecule has 0 saturated heterocycles. The minimum absolute atomic E-state index is 0.121. The molecule has 4 rings (SSSR count). The molecule has 1 aliphatic carbocycles. The van der Waals surface area contributed by atoms with Gasteiger partial charge in [0.1, 0.15) is 0 Å². The van der Waals surface area contributed by atoms with Crippen molar-refractivity contribution in [2.75, 3.05) is 0 Å². The molecule has 1 saturated carbocycles. The summed E-state index contributed by atoms with van der Waals surface area (Å²) in [5, 5.41) is 8.95. The second-order valence-electron chi connectivity index (χ2n) is 8.63. The molecule has 1 aromatic heterocycles. The highest BCUT2D eigenvalue weighted by Crippen LogP contribution is 2.29. The predicted molar refractivity (Wildman–Crippen MR) is 125 cm³/mol. The van der Waals surface area contributed by atoms with Gasteiger partial charge in [0.05, 0.1) is 16.3 Å². The number of nitrogens with one attached hydrogen (secondary N) is 1. The van der Waals surface area contributed by atoms with Gasteiger partial charge in [0.2, 0.25) is 10.0 Å². The van der Waals surface area contributed by atoms with Crippen molar-refractivity contribution in [3.63, 3.8) is 0 Å². The maximum Gasteiger partial charge on any atom is 0.238 e. The Labute approximate surface area is 185 Å². The number of para-hydroxylation sites is 1. The summed E-state index contributed by atoms with van der Waals surface area (Å²) < 4.78 is 25.3. The molecule has 31 heavy (non-hydrogen) atoms. The maximum atomic E-state index is 11.6. The van der Waals surface area contributed by atoms with Crippen molar-refractivity contribution in [3.8, 4) is 16.9 Å². The van der Waals surface area contributed by atoms with Crippen molar-refractivity contribution in [1.29, 1.82) is 0 Å². The van der Waals surface area contributed by atoms with Crippen molar-refractivity contribution >= 4 is 10.0 Å². The van der Waals surface area contributed by atoms with Gasteiger partial charge < -0.3 is 9.88 Å². The monoisotopic (exact) mass is 437 g/mol. The van der Waals surface area contributed by atoms with E-state index in [0.29, 0.717) is 6.04 Å². The van der Waals surface area contributed by atoms with Crippen LogP contribution in [0.15, 0.2) is 71.8 Å². The zero-order chi connectivity index (χ0) is 21.8. The minimum Gasteiger partial charge on any atom is -0.316 e. The first-order chi connectivity index (χ1) is 14.9. The number of rotatable bonds is 8. The third-order valence-electron chi connectivity index (χ3n) is 6.28. The fraction of sp³-hybridized carbons (Fsp3) is 0.360. The smallest absolute Gasteiger partial charge is 0.238 e. The zero-order valence-electron chi connectivity index (χ0n) is 18.0. The fourth-order valence-corrected chi connectivity index (χ4v) is 5.17. The van der Waals surface area contributed by atoms with Crippen LogP contribution in [0.5, 0.6) is 0 Å². The highest BCUT2D eigenvalue weighted by Gasteiger charge is 2.18. The third-order valence-corrected chi connectivity index (χ3v) is 7.21. The van der Waals surface area contributed by atoms with Crippen LogP contribution in [-0.4, -0.2) is 19.0 Å². The van der Waals surface area contributed by atoms with E-state index >= 15 is 0 Å². The lowest BCUT2D eigenvalue weighted by Gasteiger charge is -2.20. The lowest BCUT2D eigenvalue weighted by Crippen LogP contribution is -2.27. The predicted octanol–water partition coefficient (Wildman–Crippen LogP) is 4.85. The second-order valence-corrected chi connectivity index (χ2v) is 10.2. The van der Waals surface area contributed by atoms with Crippen molar-refractivity contribution in [2.45, 2.75) is 56.5 Å². The summed E-state index contributed by atoms with van der Waals surface area (Å²) in [5.41, 5.74) is 4.31. The number of aromatic nitrogens is 1. The summed E-state index contributed by atoms with van der Waals surface area (Å²) in [6.45, 7) is 3.10. The molecule has 0 bridgehead atoms. The maximum absolute atomic E-state index is 11.6. The van der Waals surface area contributed by atoms with E-state index in [1.807, 2.05) is 18.3 Å². The Morgan fingerprint density at radius 2 is 1.74 bits per heavy atom. The molecular formula is C25H31N3O2S. The topological polar surface area (TPSA) is 77.1 Å². The van der Waals surface area contributed by atoms with Gasteiger partial charge in [-0.15, -0.1) is 0 Å². The van der Waals surface area contributed by atoms with Crippen molar-refractivity contribution in [2.24, 2.45) is 11.1 Å². The molecule has 1 heterocycles. The fourth-order valence-electron chi connectivity index (χ4n) is 4.65. The standard InChI is InChI=1S/C25H31N3O2S/c1-19(17-20-7-2-3-8-20)27-18-22-9-4-5-10-25(22)28-16-6-11-24(28)21-12-14-23(15-13-21)31(26,29)30/h4-6,9-16,19-20,27H,2-3,7-8,17-18H2,1H3,(H2,26,29,30)/t19-/m0/s1. The molecule has 1 aliphatic rings. The van der Waals surface area contributed by atoms with E-state index < -0.39 is 10.0 Å². The summed E-state index contributed by atoms with van der Waals surface area (Å²) in [7, 11) is -3.70. The van der Waals surface area contributed by atoms with E-state index in [-0.39, 0.29) is 4.90 Å². The quantitative estimate of drug-likeness (QED) is 0.529. The van der Waals surface area contributed by atoms with Gasteiger partial charge in [-0.3, -0.25) is 0 Å². The molecule has 0 spiro atoms. The van der Waals surface area contributed by atoms with Crippen LogP contribution in [0.1, 0.15) is 44.6 Å². The molecule has 0 radical (unpaired) electrons. The SMILES string of the molecule is C[C@@H](CC1CCCC1)NCc1ccccc1-n1cccc1-c1ccc(S(N)(=O)=O)cc1. The van der Waals surface area contributed by atoms with Gasteiger partial charge in [0, 0.05) is 18.8 Å². The normalized spacial score (nSPS) is 15.9. The Bertz CT molecular complexity index is 1110. The zero-order valence-corrected chi connectivity index (χ0v) is 18.8. The van der Waals surface area contributed by atoms with E-state index in [1.165, 1.54) is 37.7 Å². The first kappa shape index (κ1) is 21.8. The van der Waals surface area contributed by atoms with E-state index in [4.69, 9.17) is 5.14 Å². The summed E-state index contributed by atoms with van der Waals surface area (Å²) in [6, 6.07) is 19.7. The Morgan fingerprint density at radius 1 is 1.03 bits per heavy atom. The molecular weight excluding hydrogens is 406 g/mol. The lowest BCUT2D eigenvalue weighted by atomic mass is 9.99. The summed E-state index contributed by atoms with van der Waals surface area (Å²) in [6.07, 6.45) is 8.81. The van der Waals surface area contributed by atoms with E-state index in [0.717, 1.165) is 29.4 Å². The summed E-state index contributed by atoms with van der Waals surface area (Å²) in [4.78, 5) is 0.121. The van der Waals surface area contributed by atoms with Crippen LogP contribution in [0.4, 0.5) is 0 Å². The molecule has 1 atom stereocenters. The van der Waals surface area contributed by atoms with E-state index in [2.05, 4.69) is 41.1 Å². The number of benzene rings is 2. The molecule has 6 heteroatoms. The molecule has 3 N–H and O–H groups in total. The summed E-state index contributed by atoms with van der Waals surface area (Å²) >= 11 is 0. The Hall–Kier alpha value is -2.41. The van der Waals surface area contributed by atoms with Crippen molar-refractivity contribution in [1.82, 2.24) is 9.88 Å². The molecule has 0 aliphatic heterocycles. The van der Waals surface area contributed by atoms with Crippen molar-refractivity contribution in [3.05, 3.63) is 72.4 Å². The van der Waals surface area contributed by atoms with E-state index in [9.17, 15) is 8.42 Å². The van der Waals surface area contributed by atoms with Gasteiger partial charge in [-0.05, 0) is 60.7 Å². The van der Waals surface area contributed by atoms with E-state index in [1.54, 1.807) is 24.3 Å². The average molecular weight is 438 g/mol. The Balaban J connectivity index is 1.54. The summed E-state index contributed by atoms with van der Waals surface area (Å²) in [5.74, 6) is 0.870. The minimum atomic E-state index is -3.70. The molecule has 164 valence electrons. The van der Waals surface area contributed by atoms with Crippen LogP contribution >= 0.6 is 0 Å². The number of nitrogens with two attached hydrogens (primary N) is 1. The van der Waals surface area contributed by atoms with Gasteiger partial charge in [-0.1, -0.05) is 56.0 Å². The lowest BCUT2D eigenvalue weighted by molar-refractivity contribution is 0.404. The highest BCUT2D eigenvalue weighted by atomic mass is 32.2. The van der Waals surface area contributed by atoms with Crippen LogP contribution in [0, 0.1) is 5.92 Å². The van der Waals surface area contributed by atoms with Gasteiger partial charge in [-0.2, -0.15) is 0 Å². The highest BCUT2D eigenvalue weighted by molar-refractivity contribution is 7.89. The van der Waals surface area contributed by atoms with Gasteiger partial charge in [0.25, 0.3) is 0 Å². The van der Waals surface area contributed by atoms with Crippen LogP contribution in [-0.2, 0) is 16.6 Å². The molecule has 3 aromatic rings. The molecule has 5 nitrogen and oxygen atoms in total. The largest absolute Gasteiger partial charge is 0.316 e. The third kappa shape index (κ3) is 5.26. The van der Waals surface area contributed by atoms with Crippen LogP contribution in [0.3, 0.4) is 0 Å². The molecule has 0 unspecified atom stereocenters. The van der Waals surface area contributed by atoms with Gasteiger partial charge in [-0.25, -0.2) is 13.6 Å². The van der Waals surface area contributed by atoms with Crippen LogP contribution in [0.25, 0.3) is 16.9 Å². The number of nitrogens with zero attached hydrogens (tertiary/aromatic N) is 1. The Kier molecular flexibility index (Phi) is 6.60. The van der Waals surface area contributed by atoms with Gasteiger partial charge >= 0.3 is 0 Å². The van der Waals surface area contributed by atoms with Crippen LogP contribution < -0.4 is 10.5 Å². The van der Waals surface area contributed by atoms with Crippen molar-refractivity contribution < 1.29 is 8.42 Å². The second kappa shape index (κ2) is 9.39.